The van der Waals surface area contributed by atoms with Gasteiger partial charge in [-0.05, 0) is 81.9 Å². The molecule has 2 aliphatic heterocycles. The van der Waals surface area contributed by atoms with Gasteiger partial charge in [-0.1, -0.05) is 133 Å². The fraction of sp³-hybridized carbons (Fsp3) is 0. The van der Waals surface area contributed by atoms with Gasteiger partial charge < -0.3 is 14.0 Å². The quantitative estimate of drug-likeness (QED) is 0.175. The molecule has 0 amide bonds. The first-order valence-electron chi connectivity index (χ1n) is 17.8. The van der Waals surface area contributed by atoms with Crippen LogP contribution in [0.1, 0.15) is 0 Å². The summed E-state index contributed by atoms with van der Waals surface area (Å²) in [5, 5.41) is 2.49. The number of aromatic nitrogens is 1. The third-order valence-electron chi connectivity index (χ3n) is 10.7. The van der Waals surface area contributed by atoms with Crippen LogP contribution in [0.4, 0.5) is 0 Å². The zero-order valence-electron chi connectivity index (χ0n) is 28.2. The molecule has 0 N–H and O–H groups in total. The first-order valence-corrected chi connectivity index (χ1v) is 17.8. The largest absolute Gasteiger partial charge is 0.551 e. The highest BCUT2D eigenvalue weighted by atomic mass is 16.5. The molecule has 0 fully saturated rings. The van der Waals surface area contributed by atoms with Crippen LogP contribution in [0.3, 0.4) is 0 Å². The maximum atomic E-state index is 6.96. The first kappa shape index (κ1) is 29.0. The number of fused-ring (bicyclic) bond motifs is 7. The topological polar surface area (TPSA) is 23.4 Å². The van der Waals surface area contributed by atoms with Crippen LogP contribution in [-0.2, 0) is 0 Å². The second-order valence-corrected chi connectivity index (χ2v) is 13.6. The van der Waals surface area contributed by atoms with Gasteiger partial charge >= 0.3 is 6.92 Å². The Kier molecular flexibility index (Phi) is 6.35. The molecule has 11 rings (SSSR count). The Bertz CT molecular complexity index is 2820. The van der Waals surface area contributed by atoms with Gasteiger partial charge in [0.1, 0.15) is 17.2 Å². The lowest BCUT2D eigenvalue weighted by Crippen LogP contribution is -2.53. The monoisotopic (exact) mass is 663 g/mol. The van der Waals surface area contributed by atoms with Gasteiger partial charge in [0, 0.05) is 32.8 Å². The van der Waals surface area contributed by atoms with E-state index in [2.05, 4.69) is 180 Å². The van der Waals surface area contributed by atoms with Crippen molar-refractivity contribution in [2.75, 3.05) is 0 Å². The lowest BCUT2D eigenvalue weighted by Gasteiger charge is -2.33. The van der Waals surface area contributed by atoms with Crippen LogP contribution >= 0.6 is 0 Å². The number of rotatable bonds is 4. The molecule has 4 heteroatoms. The van der Waals surface area contributed by atoms with Crippen LogP contribution in [0, 0.1) is 0 Å². The number of nitrogens with zero attached hydrogens (tertiary/aromatic N) is 1. The Balaban J connectivity index is 1.07. The molecule has 0 saturated heterocycles. The van der Waals surface area contributed by atoms with E-state index < -0.39 is 0 Å². The minimum Gasteiger partial charge on any atom is -0.551 e. The fourth-order valence-electron chi connectivity index (χ4n) is 8.30. The molecule has 0 spiro atoms. The van der Waals surface area contributed by atoms with Crippen molar-refractivity contribution >= 4 is 39.6 Å². The van der Waals surface area contributed by atoms with Crippen LogP contribution in [0.2, 0.25) is 0 Å². The van der Waals surface area contributed by atoms with Gasteiger partial charge in [-0.25, -0.2) is 0 Å². The average molecular weight is 664 g/mol. The summed E-state index contributed by atoms with van der Waals surface area (Å²) in [6, 6.07) is 64.7. The predicted octanol–water partition coefficient (Wildman–Crippen LogP) is 11.1. The molecular weight excluding hydrogens is 633 g/mol. The Morgan fingerprint density at radius 2 is 1.02 bits per heavy atom. The lowest BCUT2D eigenvalue weighted by molar-refractivity contribution is 0.480. The highest BCUT2D eigenvalue weighted by molar-refractivity contribution is 6.84. The van der Waals surface area contributed by atoms with E-state index in [1.54, 1.807) is 0 Å². The molecule has 0 atom stereocenters. The Hall–Kier alpha value is -6.78. The maximum Gasteiger partial charge on any atom is 0.434 e. The van der Waals surface area contributed by atoms with Gasteiger partial charge in [0.25, 0.3) is 0 Å². The van der Waals surface area contributed by atoms with E-state index in [4.69, 9.17) is 9.39 Å². The fourth-order valence-corrected chi connectivity index (χ4v) is 8.30. The van der Waals surface area contributed by atoms with Crippen molar-refractivity contribution in [1.82, 2.24) is 4.57 Å². The van der Waals surface area contributed by atoms with Gasteiger partial charge in [0.05, 0.1) is 16.7 Å². The van der Waals surface area contributed by atoms with E-state index >= 15 is 0 Å². The second kappa shape index (κ2) is 11.4. The Labute approximate surface area is 302 Å². The minimum absolute atomic E-state index is 0.282. The summed E-state index contributed by atoms with van der Waals surface area (Å²) >= 11 is 0. The predicted molar refractivity (Wildman–Crippen MR) is 215 cm³/mol. The van der Waals surface area contributed by atoms with E-state index in [-0.39, 0.29) is 6.92 Å². The molecular formula is C48H30BNO2. The van der Waals surface area contributed by atoms with Crippen LogP contribution < -0.4 is 20.3 Å². The van der Waals surface area contributed by atoms with Crippen LogP contribution in [0.25, 0.3) is 72.0 Å². The highest BCUT2D eigenvalue weighted by Gasteiger charge is 2.41. The zero-order chi connectivity index (χ0) is 34.2. The SMILES string of the molecule is c1ccc(-c2cccc(-c3cc4c5c(c3)-c3ccccc3OB5c3ccc(-c5ccccc5-n5c6ccccc6c6ccccc65)cc3O4)c2)cc1. The van der Waals surface area contributed by atoms with Crippen molar-refractivity contribution in [3.8, 4) is 67.4 Å². The lowest BCUT2D eigenvalue weighted by atomic mass is 9.50. The number of hydrogen-bond donors (Lipinski definition) is 0. The van der Waals surface area contributed by atoms with Crippen LogP contribution in [0.5, 0.6) is 17.2 Å². The molecule has 0 bridgehead atoms. The molecule has 3 heterocycles. The van der Waals surface area contributed by atoms with Crippen molar-refractivity contribution in [3.05, 3.63) is 182 Å². The summed E-state index contributed by atoms with van der Waals surface area (Å²) in [6.07, 6.45) is 0. The molecule has 3 nitrogen and oxygen atoms in total. The molecule has 0 aliphatic carbocycles. The van der Waals surface area contributed by atoms with Crippen LogP contribution in [0.15, 0.2) is 182 Å². The second-order valence-electron chi connectivity index (χ2n) is 13.6. The summed E-state index contributed by atoms with van der Waals surface area (Å²) in [5.41, 5.74) is 14.7. The molecule has 0 unspecified atom stereocenters. The summed E-state index contributed by atoms with van der Waals surface area (Å²) < 4.78 is 16.2. The maximum absolute atomic E-state index is 6.96. The number of para-hydroxylation sites is 4. The molecule has 1 aromatic heterocycles. The normalized spacial score (nSPS) is 12.5. The van der Waals surface area contributed by atoms with Crippen molar-refractivity contribution in [2.24, 2.45) is 0 Å². The first-order chi connectivity index (χ1) is 25.8. The zero-order valence-corrected chi connectivity index (χ0v) is 28.2. The van der Waals surface area contributed by atoms with Gasteiger partial charge in [-0.2, -0.15) is 0 Å². The average Bonchev–Trinajstić information content (AvgIpc) is 3.55. The molecule has 0 radical (unpaired) electrons. The molecule has 8 aromatic carbocycles. The van der Waals surface area contributed by atoms with Crippen LogP contribution in [-0.4, -0.2) is 11.5 Å². The van der Waals surface area contributed by atoms with Gasteiger partial charge in [0.2, 0.25) is 0 Å². The Morgan fingerprint density at radius 1 is 0.385 bits per heavy atom. The summed E-state index contributed by atoms with van der Waals surface area (Å²) in [7, 11) is 0. The molecule has 9 aromatic rings. The van der Waals surface area contributed by atoms with Gasteiger partial charge in [0.15, 0.2) is 0 Å². The smallest absolute Gasteiger partial charge is 0.434 e. The summed E-state index contributed by atoms with van der Waals surface area (Å²) in [5.74, 6) is 2.53. The van der Waals surface area contributed by atoms with Crippen molar-refractivity contribution in [2.45, 2.75) is 0 Å². The number of hydrogen-bond acceptors (Lipinski definition) is 2. The minimum atomic E-state index is -0.282. The van der Waals surface area contributed by atoms with Crippen molar-refractivity contribution < 1.29 is 9.39 Å². The Morgan fingerprint density at radius 3 is 1.83 bits per heavy atom. The van der Waals surface area contributed by atoms with E-state index in [9.17, 15) is 0 Å². The molecule has 0 saturated carbocycles. The molecule has 52 heavy (non-hydrogen) atoms. The molecule has 242 valence electrons. The third-order valence-corrected chi connectivity index (χ3v) is 10.7. The van der Waals surface area contributed by atoms with Gasteiger partial charge in [-0.3, -0.25) is 0 Å². The highest BCUT2D eigenvalue weighted by Crippen LogP contribution is 2.43. The number of benzene rings is 8. The van der Waals surface area contributed by atoms with E-state index in [0.29, 0.717) is 0 Å². The van der Waals surface area contributed by atoms with E-state index in [1.807, 2.05) is 6.07 Å². The van der Waals surface area contributed by atoms with E-state index in [1.165, 1.54) is 32.9 Å². The number of ether oxygens (including phenoxy) is 1. The van der Waals surface area contributed by atoms with Gasteiger partial charge in [-0.15, -0.1) is 0 Å². The molecule has 2 aliphatic rings. The summed E-state index contributed by atoms with van der Waals surface area (Å²) in [6.45, 7) is -0.282. The van der Waals surface area contributed by atoms with Crippen molar-refractivity contribution in [3.63, 3.8) is 0 Å². The third kappa shape index (κ3) is 4.41. The standard InChI is InChI=1S/C48H30BNO2/c1-2-13-31(14-3-1)32-15-12-16-33(27-32)35-28-40-39-20-7-11-24-45(39)52-49-41-26-25-34(29-46(41)51-47(30-35)48(40)49)36-17-4-8-21-42(36)50-43-22-9-5-18-37(43)38-19-6-10-23-44(38)50/h1-30H. The summed E-state index contributed by atoms with van der Waals surface area (Å²) in [4.78, 5) is 0. The van der Waals surface area contributed by atoms with Crippen molar-refractivity contribution in [1.29, 1.82) is 0 Å². The van der Waals surface area contributed by atoms with E-state index in [0.717, 1.165) is 67.2 Å².